The molecule has 62 heavy (non-hydrogen) atoms. The topological polar surface area (TPSA) is 212 Å². The van der Waals surface area contributed by atoms with Crippen LogP contribution < -0.4 is 0 Å². The highest BCUT2D eigenvalue weighted by atomic mass is 32.1. The van der Waals surface area contributed by atoms with E-state index in [9.17, 15) is 29.9 Å². The van der Waals surface area contributed by atoms with Crippen LogP contribution in [0.3, 0.4) is 0 Å². The van der Waals surface area contributed by atoms with Crippen molar-refractivity contribution in [3.05, 3.63) is 40.9 Å². The fourth-order valence-corrected chi connectivity index (χ4v) is 10.4. The first-order valence-electron chi connectivity index (χ1n) is 21.5. The van der Waals surface area contributed by atoms with Gasteiger partial charge in [0.05, 0.1) is 47.7 Å². The largest absolute Gasteiger partial charge is 0.459 e. The Morgan fingerprint density at radius 3 is 2.48 bits per heavy atom. The van der Waals surface area contributed by atoms with E-state index in [1.165, 1.54) is 25.2 Å². The van der Waals surface area contributed by atoms with Crippen molar-refractivity contribution in [3.8, 4) is 16.6 Å². The minimum atomic E-state index is -1.85. The first-order chi connectivity index (χ1) is 29.3. The Kier molecular flexibility index (Phi) is 14.9. The fourth-order valence-electron chi connectivity index (χ4n) is 9.37. The Balaban J connectivity index is 1.47. The minimum Gasteiger partial charge on any atom is -0.459 e. The number of aliphatic imine (C=N–C) groups is 1. The van der Waals surface area contributed by atoms with Crippen molar-refractivity contribution in [3.63, 3.8) is 0 Å². The van der Waals surface area contributed by atoms with E-state index in [0.29, 0.717) is 17.8 Å². The molecule has 1 unspecified atom stereocenters. The number of amides is 1. The number of thiophene rings is 1. The molecule has 2 N–H and O–H groups in total. The molecule has 0 radical (unpaired) electrons. The van der Waals surface area contributed by atoms with Gasteiger partial charge in [-0.05, 0) is 91.2 Å². The van der Waals surface area contributed by atoms with Gasteiger partial charge in [-0.3, -0.25) is 14.4 Å². The summed E-state index contributed by atoms with van der Waals surface area (Å²) < 4.78 is 32.5. The molecule has 338 valence electrons. The first kappa shape index (κ1) is 47.5. The lowest BCUT2D eigenvalue weighted by Crippen LogP contribution is -2.60. The van der Waals surface area contributed by atoms with Crippen molar-refractivity contribution >= 4 is 40.4 Å². The molecule has 3 fully saturated rings. The summed E-state index contributed by atoms with van der Waals surface area (Å²) in [5.41, 5.74) is -1.75. The number of likely N-dealkylation sites (N-methyl/N-ethyl adjacent to an activating group) is 1. The molecule has 2 aromatic heterocycles. The first-order valence-corrected chi connectivity index (χ1v) is 22.3. The van der Waals surface area contributed by atoms with Crippen LogP contribution in [-0.2, 0) is 49.3 Å². The molecule has 0 saturated carbocycles. The molecule has 1 amide bonds. The Morgan fingerprint density at radius 2 is 1.79 bits per heavy atom. The van der Waals surface area contributed by atoms with E-state index < -0.39 is 89.3 Å². The number of nitrogens with zero attached hydrogens (tertiary/aromatic N) is 5. The smallest absolute Gasteiger partial charge is 0.316 e. The molecule has 4 aliphatic rings. The number of oxime groups is 1. The summed E-state index contributed by atoms with van der Waals surface area (Å²) in [6.45, 7) is 13.4. The quantitative estimate of drug-likeness (QED) is 0.289. The zero-order valence-corrected chi connectivity index (χ0v) is 38.1. The maximum Gasteiger partial charge on any atom is 0.316 e. The average molecular weight is 880 g/mol. The third-order valence-electron chi connectivity index (χ3n) is 12.8. The standard InChI is InChI=1S/C45H61N5O11S/c1-11-35-45(8,55)40-25(4)36-23(2)19-44(7,39(26(5)37(51)27(6)42(54)59-35)60-43-38(52)32(50(9)10)17-24(3)58-43)57-22-29(21-56-40)49-61-33(41(53)48-36)18-30-15-16-34(62-30)31-14-12-13-28(20-46)47-31/h12-16,23-27,32-33,35,38-40,43,52,55H,11,17-19,21-22H2,1-10H3/b48-36?,49-29+/t23-,24-,25-,26+,27-,32+,33?,35-,38-,39-,40+,43+,44-,45-/m1/s1. The van der Waals surface area contributed by atoms with E-state index in [1.54, 1.807) is 32.9 Å². The van der Waals surface area contributed by atoms with Gasteiger partial charge in [0.15, 0.2) is 12.1 Å². The highest BCUT2D eigenvalue weighted by molar-refractivity contribution is 7.15. The van der Waals surface area contributed by atoms with Gasteiger partial charge < -0.3 is 43.6 Å². The number of pyridine rings is 1. The second kappa shape index (κ2) is 19.4. The van der Waals surface area contributed by atoms with Gasteiger partial charge in [-0.25, -0.2) is 9.98 Å². The molecule has 3 saturated heterocycles. The molecular weight excluding hydrogens is 819 g/mol. The Morgan fingerprint density at radius 1 is 1.05 bits per heavy atom. The zero-order chi connectivity index (χ0) is 45.3. The number of Topliss-reactive ketones (excluding diaryl/α,β-unsaturated/α-hetero) is 1. The molecule has 0 spiro atoms. The lowest BCUT2D eigenvalue weighted by atomic mass is 9.73. The second-order valence-electron chi connectivity index (χ2n) is 17.9. The van der Waals surface area contributed by atoms with E-state index in [4.69, 9.17) is 33.5 Å². The molecule has 0 aliphatic carbocycles. The number of cyclic esters (lactones) is 1. The number of nitriles is 1. The van der Waals surface area contributed by atoms with Crippen LogP contribution in [-0.4, -0.2) is 137 Å². The van der Waals surface area contributed by atoms with Gasteiger partial charge >= 0.3 is 5.97 Å². The zero-order valence-electron chi connectivity index (χ0n) is 37.3. The number of aromatic nitrogens is 1. The summed E-state index contributed by atoms with van der Waals surface area (Å²) in [6, 6.07) is 10.7. The summed E-state index contributed by atoms with van der Waals surface area (Å²) >= 11 is 1.40. The number of hydrogen-bond donors (Lipinski definition) is 2. The SMILES string of the molecule is CC[C@H]1OC(=O)[C@H](C)C(=O)[C@H](C)[C@@H](O[C@@H]2O[C@H](C)C[C@H](N(C)C)[C@H]2O)[C@@]2(C)C[C@@H](C)C3=NC(=O)C(Cc4ccc(-c5cccc(C#N)n5)s4)O/N=C(\CO[C@@H]([C@@H]3C)[C@]1(C)O)CO2. The molecule has 17 heteroatoms. The van der Waals surface area contributed by atoms with Crippen molar-refractivity contribution in [2.75, 3.05) is 27.3 Å². The molecule has 4 bridgehead atoms. The van der Waals surface area contributed by atoms with Crippen LogP contribution in [0.1, 0.15) is 85.2 Å². The lowest BCUT2D eigenvalue weighted by Gasteiger charge is -2.47. The maximum atomic E-state index is 14.6. The lowest BCUT2D eigenvalue weighted by molar-refractivity contribution is -0.296. The Labute approximate surface area is 367 Å². The number of carbonyl (C=O) groups excluding carboxylic acids is 3. The third kappa shape index (κ3) is 10.0. The molecule has 6 heterocycles. The number of aliphatic hydroxyl groups is 2. The van der Waals surface area contributed by atoms with Gasteiger partial charge in [-0.1, -0.05) is 38.9 Å². The maximum absolute atomic E-state index is 14.6. The number of hydrogen-bond acceptors (Lipinski definition) is 16. The van der Waals surface area contributed by atoms with Crippen LogP contribution in [0.4, 0.5) is 0 Å². The van der Waals surface area contributed by atoms with Crippen LogP contribution in [0, 0.1) is 35.0 Å². The highest BCUT2D eigenvalue weighted by Crippen LogP contribution is 2.40. The van der Waals surface area contributed by atoms with Crippen LogP contribution >= 0.6 is 11.3 Å². The number of aliphatic hydroxyl groups excluding tert-OH is 1. The van der Waals surface area contributed by atoms with Crippen molar-refractivity contribution in [2.24, 2.45) is 33.8 Å². The summed E-state index contributed by atoms with van der Waals surface area (Å²) in [5, 5.41) is 38.0. The second-order valence-corrected chi connectivity index (χ2v) is 19.1. The number of rotatable bonds is 7. The van der Waals surface area contributed by atoms with Gasteiger partial charge in [0.1, 0.15) is 41.2 Å². The van der Waals surface area contributed by atoms with Gasteiger partial charge in [0.2, 0.25) is 6.10 Å². The van der Waals surface area contributed by atoms with Crippen LogP contribution in [0.15, 0.2) is 40.5 Å². The predicted octanol–water partition coefficient (Wildman–Crippen LogP) is 4.52. The van der Waals surface area contributed by atoms with Crippen LogP contribution in [0.5, 0.6) is 0 Å². The van der Waals surface area contributed by atoms with Crippen molar-refractivity contribution in [1.29, 1.82) is 5.26 Å². The molecule has 16 nitrogen and oxygen atoms in total. The van der Waals surface area contributed by atoms with Crippen molar-refractivity contribution < 1.29 is 53.1 Å². The third-order valence-corrected chi connectivity index (χ3v) is 14.0. The van der Waals surface area contributed by atoms with Gasteiger partial charge in [0.25, 0.3) is 5.91 Å². The molecular formula is C45H61N5O11S. The molecule has 4 aliphatic heterocycles. The number of ether oxygens (including phenoxy) is 5. The normalized spacial score (nSPS) is 38.4. The van der Waals surface area contributed by atoms with Gasteiger partial charge in [0, 0.05) is 34.9 Å². The van der Waals surface area contributed by atoms with E-state index in [0.717, 1.165) is 9.75 Å². The Hall–Kier alpha value is -3.99. The van der Waals surface area contributed by atoms with E-state index in [2.05, 4.69) is 16.2 Å². The van der Waals surface area contributed by atoms with Crippen molar-refractivity contribution in [1.82, 2.24) is 9.88 Å². The van der Waals surface area contributed by atoms with Crippen LogP contribution in [0.2, 0.25) is 0 Å². The molecule has 6 rings (SSSR count). The predicted molar refractivity (Wildman–Crippen MR) is 229 cm³/mol. The molecule has 14 atom stereocenters. The van der Waals surface area contributed by atoms with E-state index >= 15 is 0 Å². The average Bonchev–Trinajstić information content (AvgIpc) is 3.70. The summed E-state index contributed by atoms with van der Waals surface area (Å²) in [7, 11) is 3.73. The molecule has 0 aromatic carbocycles. The fraction of sp³-hybridized carbons (Fsp3) is 0.667. The minimum absolute atomic E-state index is 0.107. The number of fused-ring (bicyclic) bond motifs is 4. The summed E-state index contributed by atoms with van der Waals surface area (Å²) in [4.78, 5) is 61.7. The van der Waals surface area contributed by atoms with Gasteiger partial charge in [-0.15, -0.1) is 11.3 Å². The van der Waals surface area contributed by atoms with Crippen LogP contribution in [0.25, 0.3) is 10.6 Å². The van der Waals surface area contributed by atoms with Crippen molar-refractivity contribution in [2.45, 2.75) is 141 Å². The number of ketones is 1. The highest BCUT2D eigenvalue weighted by Gasteiger charge is 2.53. The summed E-state index contributed by atoms with van der Waals surface area (Å²) in [6.07, 6.45) is -6.18. The summed E-state index contributed by atoms with van der Waals surface area (Å²) in [5.74, 6) is -5.56. The number of carbonyl (C=O) groups is 3. The Bertz CT molecular complexity index is 2070. The molecule has 2 aromatic rings. The monoisotopic (exact) mass is 879 g/mol. The number of esters is 1. The van der Waals surface area contributed by atoms with Gasteiger partial charge in [-0.2, -0.15) is 5.26 Å². The van der Waals surface area contributed by atoms with E-state index in [1.807, 2.05) is 58.0 Å². The van der Waals surface area contributed by atoms with E-state index in [-0.39, 0.29) is 56.0 Å².